The quantitative estimate of drug-likeness (QED) is 0.546. The lowest BCUT2D eigenvalue weighted by atomic mass is 10.2. The van der Waals surface area contributed by atoms with Crippen molar-refractivity contribution in [3.63, 3.8) is 0 Å². The standard InChI is InChI=1S/C18H19N3O2S/c1-12(2)10-19-16(22)11-24-18-13-6-3-4-7-14(13)20-17(21-18)15-8-5-9-23-15/h3-9,12H,10-11H2,1-2H3,(H,19,22). The summed E-state index contributed by atoms with van der Waals surface area (Å²) in [5, 5.41) is 4.64. The summed E-state index contributed by atoms with van der Waals surface area (Å²) >= 11 is 1.42. The normalized spacial score (nSPS) is 11.1. The Labute approximate surface area is 144 Å². The number of carbonyl (C=O) groups is 1. The lowest BCUT2D eigenvalue weighted by molar-refractivity contribution is -0.118. The van der Waals surface area contributed by atoms with E-state index in [0.29, 0.717) is 29.8 Å². The number of hydrogen-bond acceptors (Lipinski definition) is 5. The molecule has 1 aromatic carbocycles. The Morgan fingerprint density at radius 2 is 2.04 bits per heavy atom. The molecule has 24 heavy (non-hydrogen) atoms. The van der Waals surface area contributed by atoms with Crippen LogP contribution in [0, 0.1) is 5.92 Å². The Morgan fingerprint density at radius 3 is 2.79 bits per heavy atom. The topological polar surface area (TPSA) is 68.0 Å². The molecule has 5 nitrogen and oxygen atoms in total. The number of fused-ring (bicyclic) bond motifs is 1. The first-order chi connectivity index (χ1) is 11.6. The molecule has 2 heterocycles. The number of aromatic nitrogens is 2. The molecule has 3 aromatic rings. The first kappa shape index (κ1) is 16.5. The molecule has 0 radical (unpaired) electrons. The molecular weight excluding hydrogens is 322 g/mol. The SMILES string of the molecule is CC(C)CNC(=O)CSc1nc(-c2ccco2)nc2ccccc12. The molecule has 0 fully saturated rings. The van der Waals surface area contributed by atoms with Crippen LogP contribution in [-0.2, 0) is 4.79 Å². The van der Waals surface area contributed by atoms with Crippen LogP contribution in [0.25, 0.3) is 22.5 Å². The van der Waals surface area contributed by atoms with Crippen LogP contribution in [0.3, 0.4) is 0 Å². The number of amides is 1. The molecule has 0 atom stereocenters. The number of thioether (sulfide) groups is 1. The highest BCUT2D eigenvalue weighted by atomic mass is 32.2. The van der Waals surface area contributed by atoms with Gasteiger partial charge in [0.05, 0.1) is 17.5 Å². The van der Waals surface area contributed by atoms with E-state index in [1.807, 2.05) is 30.3 Å². The number of hydrogen-bond donors (Lipinski definition) is 1. The lowest BCUT2D eigenvalue weighted by Crippen LogP contribution is -2.28. The first-order valence-electron chi connectivity index (χ1n) is 7.83. The van der Waals surface area contributed by atoms with E-state index in [2.05, 4.69) is 29.1 Å². The van der Waals surface area contributed by atoms with Crippen molar-refractivity contribution in [1.82, 2.24) is 15.3 Å². The third-order valence-corrected chi connectivity index (χ3v) is 4.35. The van der Waals surface area contributed by atoms with Crippen molar-refractivity contribution in [3.8, 4) is 11.6 Å². The number of furan rings is 1. The maximum Gasteiger partial charge on any atom is 0.230 e. The van der Waals surface area contributed by atoms with Gasteiger partial charge in [-0.2, -0.15) is 0 Å². The molecule has 0 spiro atoms. The molecule has 1 amide bonds. The zero-order valence-corrected chi connectivity index (χ0v) is 14.5. The Balaban J connectivity index is 1.84. The third-order valence-electron chi connectivity index (χ3n) is 3.36. The van der Waals surface area contributed by atoms with E-state index in [0.717, 1.165) is 15.9 Å². The van der Waals surface area contributed by atoms with Gasteiger partial charge in [0.1, 0.15) is 5.03 Å². The van der Waals surface area contributed by atoms with Crippen molar-refractivity contribution in [2.24, 2.45) is 5.92 Å². The van der Waals surface area contributed by atoms with E-state index in [4.69, 9.17) is 4.42 Å². The van der Waals surface area contributed by atoms with Gasteiger partial charge in [0.2, 0.25) is 5.91 Å². The van der Waals surface area contributed by atoms with Crippen molar-refractivity contribution >= 4 is 28.6 Å². The molecule has 1 N–H and O–H groups in total. The van der Waals surface area contributed by atoms with Gasteiger partial charge in [0.25, 0.3) is 0 Å². The van der Waals surface area contributed by atoms with E-state index in [1.54, 1.807) is 12.3 Å². The van der Waals surface area contributed by atoms with Gasteiger partial charge in [-0.05, 0) is 24.1 Å². The van der Waals surface area contributed by atoms with Gasteiger partial charge in [-0.15, -0.1) is 0 Å². The van der Waals surface area contributed by atoms with Crippen LogP contribution in [0.15, 0.2) is 52.1 Å². The highest BCUT2D eigenvalue weighted by molar-refractivity contribution is 8.00. The van der Waals surface area contributed by atoms with Crippen molar-refractivity contribution in [1.29, 1.82) is 0 Å². The number of para-hydroxylation sites is 1. The van der Waals surface area contributed by atoms with Gasteiger partial charge in [0.15, 0.2) is 11.6 Å². The number of benzene rings is 1. The van der Waals surface area contributed by atoms with Crippen molar-refractivity contribution < 1.29 is 9.21 Å². The second kappa shape index (κ2) is 7.49. The van der Waals surface area contributed by atoms with Gasteiger partial charge >= 0.3 is 0 Å². The van der Waals surface area contributed by atoms with E-state index in [1.165, 1.54) is 11.8 Å². The molecule has 0 bridgehead atoms. The maximum atomic E-state index is 12.0. The summed E-state index contributed by atoms with van der Waals surface area (Å²) in [6.07, 6.45) is 1.60. The van der Waals surface area contributed by atoms with Gasteiger partial charge in [-0.1, -0.05) is 43.8 Å². The van der Waals surface area contributed by atoms with Crippen LogP contribution >= 0.6 is 11.8 Å². The van der Waals surface area contributed by atoms with E-state index < -0.39 is 0 Å². The van der Waals surface area contributed by atoms with Crippen LogP contribution < -0.4 is 5.32 Å². The summed E-state index contributed by atoms with van der Waals surface area (Å²) in [6, 6.07) is 11.4. The van der Waals surface area contributed by atoms with Crippen LogP contribution in [0.4, 0.5) is 0 Å². The van der Waals surface area contributed by atoms with E-state index >= 15 is 0 Å². The summed E-state index contributed by atoms with van der Waals surface area (Å²) in [7, 11) is 0. The van der Waals surface area contributed by atoms with Crippen molar-refractivity contribution in [3.05, 3.63) is 42.7 Å². The molecule has 0 saturated heterocycles. The highest BCUT2D eigenvalue weighted by Crippen LogP contribution is 2.28. The minimum Gasteiger partial charge on any atom is -0.461 e. The minimum absolute atomic E-state index is 0.0101. The van der Waals surface area contributed by atoms with Crippen LogP contribution in [0.2, 0.25) is 0 Å². The first-order valence-corrected chi connectivity index (χ1v) is 8.82. The zero-order valence-electron chi connectivity index (χ0n) is 13.7. The Morgan fingerprint density at radius 1 is 1.21 bits per heavy atom. The number of rotatable bonds is 6. The molecule has 0 aliphatic carbocycles. The fraction of sp³-hybridized carbons (Fsp3) is 0.278. The second-order valence-corrected chi connectivity index (χ2v) is 6.80. The Kier molecular flexibility index (Phi) is 5.15. The minimum atomic E-state index is 0.0101. The summed E-state index contributed by atoms with van der Waals surface area (Å²) in [5.74, 6) is 1.92. The van der Waals surface area contributed by atoms with Crippen molar-refractivity contribution in [2.75, 3.05) is 12.3 Å². The highest BCUT2D eigenvalue weighted by Gasteiger charge is 2.13. The fourth-order valence-corrected chi connectivity index (χ4v) is 3.03. The predicted octanol–water partition coefficient (Wildman–Crippen LogP) is 3.75. The molecule has 3 rings (SSSR count). The average molecular weight is 341 g/mol. The lowest BCUT2D eigenvalue weighted by Gasteiger charge is -2.09. The Bertz CT molecular complexity index is 831. The Hall–Kier alpha value is -2.34. The van der Waals surface area contributed by atoms with E-state index in [-0.39, 0.29) is 5.91 Å². The maximum absolute atomic E-state index is 12.0. The van der Waals surface area contributed by atoms with Crippen LogP contribution in [0.5, 0.6) is 0 Å². The van der Waals surface area contributed by atoms with Crippen LogP contribution in [-0.4, -0.2) is 28.2 Å². The average Bonchev–Trinajstić information content (AvgIpc) is 3.12. The molecule has 124 valence electrons. The van der Waals surface area contributed by atoms with Crippen LogP contribution in [0.1, 0.15) is 13.8 Å². The van der Waals surface area contributed by atoms with Gasteiger partial charge in [-0.3, -0.25) is 4.79 Å². The monoisotopic (exact) mass is 341 g/mol. The molecule has 6 heteroatoms. The largest absolute Gasteiger partial charge is 0.461 e. The summed E-state index contributed by atoms with van der Waals surface area (Å²) in [5.41, 5.74) is 0.837. The summed E-state index contributed by atoms with van der Waals surface area (Å²) in [6.45, 7) is 4.82. The molecule has 0 aliphatic heterocycles. The van der Waals surface area contributed by atoms with Gasteiger partial charge in [-0.25, -0.2) is 9.97 Å². The number of carbonyl (C=O) groups excluding carboxylic acids is 1. The summed E-state index contributed by atoms with van der Waals surface area (Å²) < 4.78 is 5.40. The second-order valence-electron chi connectivity index (χ2n) is 5.83. The number of nitrogens with one attached hydrogen (secondary N) is 1. The van der Waals surface area contributed by atoms with Gasteiger partial charge < -0.3 is 9.73 Å². The van der Waals surface area contributed by atoms with Crippen molar-refractivity contribution in [2.45, 2.75) is 18.9 Å². The van der Waals surface area contributed by atoms with E-state index in [9.17, 15) is 4.79 Å². The molecule has 2 aromatic heterocycles. The zero-order chi connectivity index (χ0) is 16.9. The molecule has 0 saturated carbocycles. The van der Waals surface area contributed by atoms with Gasteiger partial charge in [0, 0.05) is 11.9 Å². The predicted molar refractivity (Wildman–Crippen MR) is 95.8 cm³/mol. The molecule has 0 unspecified atom stereocenters. The fourth-order valence-electron chi connectivity index (χ4n) is 2.18. The smallest absolute Gasteiger partial charge is 0.230 e. The molecular formula is C18H19N3O2S. The number of nitrogens with zero attached hydrogens (tertiary/aromatic N) is 2. The molecule has 0 aliphatic rings. The third kappa shape index (κ3) is 3.94. The summed E-state index contributed by atoms with van der Waals surface area (Å²) in [4.78, 5) is 21.1.